The number of benzene rings is 2. The maximum atomic E-state index is 13.3. The Morgan fingerprint density at radius 2 is 1.69 bits per heavy atom. The molecule has 0 aromatic heterocycles. The number of rotatable bonds is 5. The van der Waals surface area contributed by atoms with Gasteiger partial charge in [-0.05, 0) is 59.2 Å². The topological polar surface area (TPSA) is 9.23 Å². The first-order chi connectivity index (χ1) is 12.1. The van der Waals surface area contributed by atoms with Gasteiger partial charge in [0.2, 0.25) is 0 Å². The molecule has 2 rings (SSSR count). The molecule has 2 aromatic rings. The number of hydrogen-bond acceptors (Lipinski definition) is 1. The van der Waals surface area contributed by atoms with Gasteiger partial charge in [0.1, 0.15) is 5.75 Å². The highest BCUT2D eigenvalue weighted by molar-refractivity contribution is 6.32. The third kappa shape index (κ3) is 4.47. The number of halogens is 5. The molecule has 0 fully saturated rings. The molecule has 26 heavy (non-hydrogen) atoms. The fourth-order valence-corrected chi connectivity index (χ4v) is 3.84. The van der Waals surface area contributed by atoms with Crippen LogP contribution in [0, 0.1) is 0 Å². The lowest BCUT2D eigenvalue weighted by Gasteiger charge is -2.21. The summed E-state index contributed by atoms with van der Waals surface area (Å²) >= 11 is 12.7. The number of methoxy groups -OCH3 is 1. The van der Waals surface area contributed by atoms with Crippen LogP contribution in [-0.4, -0.2) is 7.11 Å². The largest absolute Gasteiger partial charge is 0.497 e. The van der Waals surface area contributed by atoms with E-state index in [0.717, 1.165) is 11.6 Å². The fourth-order valence-electron chi connectivity index (χ4n) is 3.07. The van der Waals surface area contributed by atoms with Crippen molar-refractivity contribution in [1.82, 2.24) is 0 Å². The van der Waals surface area contributed by atoms with Gasteiger partial charge in [0.25, 0.3) is 0 Å². The van der Waals surface area contributed by atoms with Crippen molar-refractivity contribution in [3.63, 3.8) is 0 Å². The summed E-state index contributed by atoms with van der Waals surface area (Å²) in [7, 11) is 1.57. The summed E-state index contributed by atoms with van der Waals surface area (Å²) < 4.78 is 45.1. The van der Waals surface area contributed by atoms with Crippen LogP contribution in [0.4, 0.5) is 13.2 Å². The molecule has 1 atom stereocenters. The predicted molar refractivity (Wildman–Crippen MR) is 101 cm³/mol. The summed E-state index contributed by atoms with van der Waals surface area (Å²) in [5, 5.41) is 0.770. The standard InChI is InChI=1S/C20H21Cl2F3O/c1-11(2)18-16(20(23,24)25)7-5-13(19(18)22)9-12(3)15-10-14(26-4)6-8-17(15)21/h5-8,10-12H,9H2,1-4H3. The molecule has 0 saturated heterocycles. The Kier molecular flexibility index (Phi) is 6.51. The first-order valence-corrected chi connectivity index (χ1v) is 9.03. The number of ether oxygens (including phenoxy) is 1. The third-order valence-electron chi connectivity index (χ3n) is 4.40. The van der Waals surface area contributed by atoms with Crippen molar-refractivity contribution < 1.29 is 17.9 Å². The molecule has 0 aliphatic rings. The molecule has 6 heteroatoms. The van der Waals surface area contributed by atoms with Gasteiger partial charge in [0.05, 0.1) is 12.7 Å². The average Bonchev–Trinajstić information content (AvgIpc) is 2.55. The van der Waals surface area contributed by atoms with Crippen molar-refractivity contribution in [2.24, 2.45) is 0 Å². The highest BCUT2D eigenvalue weighted by Crippen LogP contribution is 2.41. The van der Waals surface area contributed by atoms with Crippen LogP contribution in [0.25, 0.3) is 0 Å². The Balaban J connectivity index is 2.43. The lowest BCUT2D eigenvalue weighted by Crippen LogP contribution is -2.12. The van der Waals surface area contributed by atoms with Crippen LogP contribution < -0.4 is 4.74 Å². The lowest BCUT2D eigenvalue weighted by molar-refractivity contribution is -0.138. The van der Waals surface area contributed by atoms with E-state index in [1.54, 1.807) is 33.1 Å². The van der Waals surface area contributed by atoms with Crippen LogP contribution in [0.2, 0.25) is 10.0 Å². The minimum atomic E-state index is -4.43. The minimum Gasteiger partial charge on any atom is -0.497 e. The minimum absolute atomic E-state index is 0.0353. The smallest absolute Gasteiger partial charge is 0.416 e. The molecule has 0 aliphatic heterocycles. The van der Waals surface area contributed by atoms with Crippen LogP contribution >= 0.6 is 23.2 Å². The van der Waals surface area contributed by atoms with Gasteiger partial charge in [-0.2, -0.15) is 13.2 Å². The fraction of sp³-hybridized carbons (Fsp3) is 0.400. The Hall–Kier alpha value is -1.39. The van der Waals surface area contributed by atoms with E-state index in [1.807, 2.05) is 13.0 Å². The number of alkyl halides is 3. The number of hydrogen-bond donors (Lipinski definition) is 0. The summed E-state index contributed by atoms with van der Waals surface area (Å²) in [6.07, 6.45) is -3.95. The molecule has 142 valence electrons. The van der Waals surface area contributed by atoms with Gasteiger partial charge in [0.15, 0.2) is 0 Å². The van der Waals surface area contributed by atoms with E-state index >= 15 is 0 Å². The molecule has 0 saturated carbocycles. The van der Waals surface area contributed by atoms with E-state index in [4.69, 9.17) is 27.9 Å². The van der Waals surface area contributed by atoms with E-state index in [1.165, 1.54) is 6.07 Å². The van der Waals surface area contributed by atoms with Gasteiger partial charge in [0, 0.05) is 10.0 Å². The van der Waals surface area contributed by atoms with Crippen LogP contribution in [-0.2, 0) is 12.6 Å². The van der Waals surface area contributed by atoms with Crippen LogP contribution in [0.3, 0.4) is 0 Å². The summed E-state index contributed by atoms with van der Waals surface area (Å²) in [6, 6.07) is 7.94. The van der Waals surface area contributed by atoms with Crippen molar-refractivity contribution >= 4 is 23.2 Å². The van der Waals surface area contributed by atoms with Crippen LogP contribution in [0.5, 0.6) is 5.75 Å². The molecular weight excluding hydrogens is 384 g/mol. The third-order valence-corrected chi connectivity index (χ3v) is 5.19. The SMILES string of the molecule is COc1ccc(Cl)c(C(C)Cc2ccc(C(F)(F)F)c(C(C)C)c2Cl)c1. The quantitative estimate of drug-likeness (QED) is 0.501. The summed E-state index contributed by atoms with van der Waals surface area (Å²) in [4.78, 5) is 0. The van der Waals surface area contributed by atoms with E-state index in [0.29, 0.717) is 22.8 Å². The zero-order valence-electron chi connectivity index (χ0n) is 15.0. The maximum absolute atomic E-state index is 13.3. The maximum Gasteiger partial charge on any atom is 0.416 e. The highest BCUT2D eigenvalue weighted by Gasteiger charge is 2.35. The Labute approximate surface area is 162 Å². The van der Waals surface area contributed by atoms with Gasteiger partial charge in [-0.25, -0.2) is 0 Å². The second-order valence-corrected chi connectivity index (χ2v) is 7.43. The first kappa shape index (κ1) is 20.9. The molecule has 0 spiro atoms. The molecular formula is C20H21Cl2F3O. The van der Waals surface area contributed by atoms with E-state index < -0.39 is 11.7 Å². The van der Waals surface area contributed by atoms with Crippen LogP contribution in [0.15, 0.2) is 30.3 Å². The molecule has 0 N–H and O–H groups in total. The second kappa shape index (κ2) is 8.10. The molecule has 0 amide bonds. The summed E-state index contributed by atoms with van der Waals surface area (Å²) in [5.41, 5.74) is 1.01. The summed E-state index contributed by atoms with van der Waals surface area (Å²) in [5.74, 6) is 0.305. The molecule has 0 aliphatic carbocycles. The van der Waals surface area contributed by atoms with E-state index in [9.17, 15) is 13.2 Å². The van der Waals surface area contributed by atoms with Gasteiger partial charge in [-0.3, -0.25) is 0 Å². The Morgan fingerprint density at radius 1 is 1.04 bits per heavy atom. The second-order valence-electron chi connectivity index (χ2n) is 6.64. The van der Waals surface area contributed by atoms with E-state index in [2.05, 4.69) is 0 Å². The lowest BCUT2D eigenvalue weighted by atomic mass is 9.89. The molecule has 0 radical (unpaired) electrons. The normalized spacial score (nSPS) is 13.2. The van der Waals surface area contributed by atoms with Gasteiger partial charge in [-0.1, -0.05) is 50.0 Å². The van der Waals surface area contributed by atoms with E-state index in [-0.39, 0.29) is 22.4 Å². The Bertz CT molecular complexity index is 785. The van der Waals surface area contributed by atoms with Crippen molar-refractivity contribution in [3.8, 4) is 5.75 Å². The molecule has 0 bridgehead atoms. The van der Waals surface area contributed by atoms with Gasteiger partial charge in [-0.15, -0.1) is 0 Å². The monoisotopic (exact) mass is 404 g/mol. The van der Waals surface area contributed by atoms with Crippen molar-refractivity contribution in [3.05, 3.63) is 62.6 Å². The zero-order chi connectivity index (χ0) is 19.6. The van der Waals surface area contributed by atoms with Crippen molar-refractivity contribution in [1.29, 1.82) is 0 Å². The molecule has 2 aromatic carbocycles. The van der Waals surface area contributed by atoms with Gasteiger partial charge < -0.3 is 4.74 Å². The van der Waals surface area contributed by atoms with Crippen LogP contribution in [0.1, 0.15) is 54.9 Å². The van der Waals surface area contributed by atoms with Crippen molar-refractivity contribution in [2.75, 3.05) is 7.11 Å². The molecule has 1 unspecified atom stereocenters. The first-order valence-electron chi connectivity index (χ1n) is 8.28. The van der Waals surface area contributed by atoms with Crippen molar-refractivity contribution in [2.45, 2.75) is 45.2 Å². The van der Waals surface area contributed by atoms with Gasteiger partial charge >= 0.3 is 6.18 Å². The molecule has 0 heterocycles. The average molecular weight is 405 g/mol. The highest BCUT2D eigenvalue weighted by atomic mass is 35.5. The Morgan fingerprint density at radius 3 is 2.23 bits per heavy atom. The summed E-state index contributed by atoms with van der Waals surface area (Å²) in [6.45, 7) is 5.38. The molecule has 1 nitrogen and oxygen atoms in total. The zero-order valence-corrected chi connectivity index (χ0v) is 16.6. The predicted octanol–water partition coefficient (Wildman–Crippen LogP) is 7.49.